The van der Waals surface area contributed by atoms with E-state index in [1.807, 2.05) is 11.9 Å². The van der Waals surface area contributed by atoms with Gasteiger partial charge in [0, 0.05) is 25.6 Å². The van der Waals surface area contributed by atoms with Crippen molar-refractivity contribution in [2.75, 3.05) is 13.6 Å². The summed E-state index contributed by atoms with van der Waals surface area (Å²) in [6.07, 6.45) is 7.36. The van der Waals surface area contributed by atoms with Gasteiger partial charge in [0.2, 0.25) is 5.91 Å². The molecule has 0 aromatic rings. The first-order chi connectivity index (χ1) is 8.15. The molecule has 0 spiro atoms. The number of hydrogen-bond donors (Lipinski definition) is 1. The lowest BCUT2D eigenvalue weighted by Gasteiger charge is -2.36. The Hall–Kier alpha value is -0.570. The maximum atomic E-state index is 12.5. The van der Waals surface area contributed by atoms with Crippen LogP contribution in [0.2, 0.25) is 0 Å². The molecule has 2 N–H and O–H groups in total. The van der Waals surface area contributed by atoms with Gasteiger partial charge in [0.15, 0.2) is 0 Å². The Bertz CT molecular complexity index is 291. The van der Waals surface area contributed by atoms with Gasteiger partial charge in [0.1, 0.15) is 0 Å². The fraction of sp³-hybridized carbons (Fsp3) is 0.929. The molecule has 3 nitrogen and oxygen atoms in total. The Morgan fingerprint density at radius 3 is 2.18 bits per heavy atom. The summed E-state index contributed by atoms with van der Waals surface area (Å²) < 4.78 is 0. The lowest BCUT2D eigenvalue weighted by atomic mass is 9.80. The van der Waals surface area contributed by atoms with Crippen LogP contribution in [0.15, 0.2) is 0 Å². The van der Waals surface area contributed by atoms with E-state index >= 15 is 0 Å². The molecule has 1 amide bonds. The van der Waals surface area contributed by atoms with Crippen molar-refractivity contribution in [1.29, 1.82) is 0 Å². The molecule has 0 unspecified atom stereocenters. The summed E-state index contributed by atoms with van der Waals surface area (Å²) in [6.45, 7) is 0.933. The fourth-order valence-corrected chi connectivity index (χ4v) is 3.37. The van der Waals surface area contributed by atoms with Crippen molar-refractivity contribution < 1.29 is 4.79 Å². The molecule has 0 aliphatic heterocycles. The molecule has 0 heterocycles. The smallest absolute Gasteiger partial charge is 0.225 e. The van der Waals surface area contributed by atoms with Gasteiger partial charge in [0.25, 0.3) is 0 Å². The zero-order valence-corrected chi connectivity index (χ0v) is 10.8. The van der Waals surface area contributed by atoms with Gasteiger partial charge in [-0.15, -0.1) is 0 Å². The first-order valence-electron chi connectivity index (χ1n) is 7.15. The van der Waals surface area contributed by atoms with Crippen molar-refractivity contribution in [3.63, 3.8) is 0 Å². The van der Waals surface area contributed by atoms with E-state index in [2.05, 4.69) is 0 Å². The van der Waals surface area contributed by atoms with Crippen molar-refractivity contribution in [1.82, 2.24) is 4.90 Å². The van der Waals surface area contributed by atoms with Crippen LogP contribution in [-0.2, 0) is 4.79 Å². The third-order valence-corrected chi connectivity index (χ3v) is 4.73. The van der Waals surface area contributed by atoms with Crippen LogP contribution in [0.4, 0.5) is 0 Å². The molecule has 0 atom stereocenters. The minimum Gasteiger partial charge on any atom is -0.345 e. The third kappa shape index (κ3) is 2.49. The highest BCUT2D eigenvalue weighted by atomic mass is 16.2. The van der Waals surface area contributed by atoms with Gasteiger partial charge in [0.05, 0.1) is 0 Å². The summed E-state index contributed by atoms with van der Waals surface area (Å²) in [7, 11) is 1.99. The first-order valence-corrected chi connectivity index (χ1v) is 7.15. The summed E-state index contributed by atoms with van der Waals surface area (Å²) in [6, 6.07) is 0.395. The van der Waals surface area contributed by atoms with Gasteiger partial charge in [-0.2, -0.15) is 0 Å². The molecule has 3 rings (SSSR count). The largest absolute Gasteiger partial charge is 0.345 e. The highest BCUT2D eigenvalue weighted by Crippen LogP contribution is 2.49. The molecule has 3 aliphatic rings. The summed E-state index contributed by atoms with van der Waals surface area (Å²) >= 11 is 0. The summed E-state index contributed by atoms with van der Waals surface area (Å²) in [4.78, 5) is 14.5. The highest BCUT2D eigenvalue weighted by molar-refractivity contribution is 5.80. The standard InChI is InChI=1S/C14H24N2O/c1-16(8-9-6-12(15)7-9)14(17)13(10-2-3-10)11-4-5-11/h9-13H,2-8,15H2,1H3. The van der Waals surface area contributed by atoms with Crippen LogP contribution in [0.1, 0.15) is 38.5 Å². The predicted molar refractivity (Wildman–Crippen MR) is 67.3 cm³/mol. The van der Waals surface area contributed by atoms with Gasteiger partial charge in [-0.05, 0) is 56.3 Å². The summed E-state index contributed by atoms with van der Waals surface area (Å²) in [5, 5.41) is 0. The second-order valence-electron chi connectivity index (χ2n) is 6.52. The lowest BCUT2D eigenvalue weighted by Crippen LogP contribution is -2.45. The SMILES string of the molecule is CN(CC1CC(N)C1)C(=O)C(C1CC1)C1CC1. The molecular weight excluding hydrogens is 212 g/mol. The molecule has 0 aromatic heterocycles. The lowest BCUT2D eigenvalue weighted by molar-refractivity contribution is -0.136. The van der Waals surface area contributed by atoms with E-state index in [0.29, 0.717) is 23.8 Å². The Morgan fingerprint density at radius 1 is 1.24 bits per heavy atom. The van der Waals surface area contributed by atoms with Crippen LogP contribution < -0.4 is 5.73 Å². The number of carbonyl (C=O) groups is 1. The zero-order chi connectivity index (χ0) is 12.0. The molecule has 3 aliphatic carbocycles. The number of nitrogens with two attached hydrogens (primary N) is 1. The fourth-order valence-electron chi connectivity index (χ4n) is 3.37. The Morgan fingerprint density at radius 2 is 1.76 bits per heavy atom. The maximum absolute atomic E-state index is 12.5. The number of rotatable bonds is 5. The van der Waals surface area contributed by atoms with E-state index < -0.39 is 0 Å². The van der Waals surface area contributed by atoms with Crippen LogP contribution >= 0.6 is 0 Å². The van der Waals surface area contributed by atoms with Crippen molar-refractivity contribution in [2.45, 2.75) is 44.6 Å². The average molecular weight is 236 g/mol. The minimum atomic E-state index is 0.369. The molecule has 0 saturated heterocycles. The second kappa shape index (κ2) is 4.27. The van der Waals surface area contributed by atoms with E-state index in [-0.39, 0.29) is 0 Å². The normalized spacial score (nSPS) is 32.4. The number of hydrogen-bond acceptors (Lipinski definition) is 2. The topological polar surface area (TPSA) is 46.3 Å². The van der Waals surface area contributed by atoms with Crippen molar-refractivity contribution >= 4 is 5.91 Å². The van der Waals surface area contributed by atoms with E-state index in [0.717, 1.165) is 31.2 Å². The van der Waals surface area contributed by atoms with Gasteiger partial charge >= 0.3 is 0 Å². The molecule has 0 aromatic carbocycles. The minimum absolute atomic E-state index is 0.369. The van der Waals surface area contributed by atoms with Gasteiger partial charge in [-0.25, -0.2) is 0 Å². The van der Waals surface area contributed by atoms with E-state index in [4.69, 9.17) is 5.73 Å². The molecule has 3 heteroatoms. The first kappa shape index (κ1) is 11.5. The Balaban J connectivity index is 1.52. The third-order valence-electron chi connectivity index (χ3n) is 4.73. The van der Waals surface area contributed by atoms with Crippen LogP contribution in [0.25, 0.3) is 0 Å². The van der Waals surface area contributed by atoms with Gasteiger partial charge < -0.3 is 10.6 Å². The van der Waals surface area contributed by atoms with Crippen LogP contribution in [0.5, 0.6) is 0 Å². The van der Waals surface area contributed by atoms with Gasteiger partial charge in [-0.3, -0.25) is 4.79 Å². The van der Waals surface area contributed by atoms with Crippen LogP contribution in [0.3, 0.4) is 0 Å². The van der Waals surface area contributed by atoms with E-state index in [9.17, 15) is 4.79 Å². The average Bonchev–Trinajstić information content (AvgIpc) is 3.09. The van der Waals surface area contributed by atoms with E-state index in [1.54, 1.807) is 0 Å². The Kier molecular flexibility index (Phi) is 2.89. The monoisotopic (exact) mass is 236 g/mol. The predicted octanol–water partition coefficient (Wildman–Crippen LogP) is 1.62. The number of nitrogens with zero attached hydrogens (tertiary/aromatic N) is 1. The van der Waals surface area contributed by atoms with Crippen molar-refractivity contribution in [3.8, 4) is 0 Å². The number of carbonyl (C=O) groups excluding carboxylic acids is 1. The zero-order valence-electron chi connectivity index (χ0n) is 10.8. The molecule has 3 saturated carbocycles. The van der Waals surface area contributed by atoms with E-state index in [1.165, 1.54) is 25.7 Å². The highest BCUT2D eigenvalue weighted by Gasteiger charge is 2.46. The Labute approximate surface area is 104 Å². The molecule has 96 valence electrons. The molecule has 0 bridgehead atoms. The molecule has 3 fully saturated rings. The van der Waals surface area contributed by atoms with Crippen LogP contribution in [0, 0.1) is 23.7 Å². The molecule has 0 radical (unpaired) electrons. The molecule has 17 heavy (non-hydrogen) atoms. The number of amides is 1. The van der Waals surface area contributed by atoms with Crippen LogP contribution in [-0.4, -0.2) is 30.4 Å². The second-order valence-corrected chi connectivity index (χ2v) is 6.52. The van der Waals surface area contributed by atoms with Crippen molar-refractivity contribution in [2.24, 2.45) is 29.4 Å². The van der Waals surface area contributed by atoms with Crippen molar-refractivity contribution in [3.05, 3.63) is 0 Å². The summed E-state index contributed by atoms with van der Waals surface area (Å²) in [5.41, 5.74) is 5.79. The molecular formula is C14H24N2O. The summed E-state index contributed by atoms with van der Waals surface area (Å²) in [5.74, 6) is 2.91. The van der Waals surface area contributed by atoms with Gasteiger partial charge in [-0.1, -0.05) is 0 Å². The maximum Gasteiger partial charge on any atom is 0.225 e. The quantitative estimate of drug-likeness (QED) is 0.788.